The zero-order chi connectivity index (χ0) is 20.5. The number of nitrogens with zero attached hydrogens (tertiary/aromatic N) is 1. The largest absolute Gasteiger partial charge is 0.485 e. The minimum atomic E-state index is -3.12. The highest BCUT2D eigenvalue weighted by molar-refractivity contribution is 7.92. The summed E-state index contributed by atoms with van der Waals surface area (Å²) in [5, 5.41) is 14.3. The average Bonchev–Trinajstić information content (AvgIpc) is 2.63. The van der Waals surface area contributed by atoms with Gasteiger partial charge in [-0.1, -0.05) is 36.4 Å². The van der Waals surface area contributed by atoms with Crippen LogP contribution >= 0.6 is 0 Å². The summed E-state index contributed by atoms with van der Waals surface area (Å²) in [6.45, 7) is 4.40. The topological polar surface area (TPSA) is 83.2 Å². The number of hydrogen-bond donors (Lipinski definition) is 2. The van der Waals surface area contributed by atoms with Gasteiger partial charge in [-0.15, -0.1) is 0 Å². The lowest BCUT2D eigenvalue weighted by atomic mass is 9.86. The second-order valence-electron chi connectivity index (χ2n) is 7.80. The molecule has 3 atom stereocenters. The molecule has 152 valence electrons. The van der Waals surface area contributed by atoms with E-state index in [2.05, 4.69) is 17.4 Å². The molecule has 0 saturated heterocycles. The fourth-order valence-corrected chi connectivity index (χ4v) is 3.92. The summed E-state index contributed by atoms with van der Waals surface area (Å²) in [5.74, 6) is 0.612. The number of aliphatic hydroxyl groups excluding tert-OH is 1. The van der Waals surface area contributed by atoms with Crippen LogP contribution in [0.15, 0.2) is 48.5 Å². The number of hydrogen-bond acceptors (Lipinski definition) is 4. The number of rotatable bonds is 6. The quantitative estimate of drug-likeness (QED) is 0.724. The maximum Gasteiger partial charge on any atom is 0.365 e. The van der Waals surface area contributed by atoms with Crippen LogP contribution in [0, 0.1) is 0 Å². The number of benzene rings is 2. The Labute approximate surface area is 167 Å². The summed E-state index contributed by atoms with van der Waals surface area (Å²) < 4.78 is 29.2. The van der Waals surface area contributed by atoms with E-state index in [1.54, 1.807) is 19.2 Å². The van der Waals surface area contributed by atoms with E-state index in [0.717, 1.165) is 12.0 Å². The molecule has 1 heterocycles. The summed E-state index contributed by atoms with van der Waals surface area (Å²) in [6.07, 6.45) is 1.39. The molecular weight excluding hydrogens is 376 g/mol. The van der Waals surface area contributed by atoms with Crippen molar-refractivity contribution < 1.29 is 18.3 Å². The molecule has 2 aromatic rings. The Bertz CT molecular complexity index is 929. The second-order valence-corrected chi connectivity index (χ2v) is 9.87. The van der Waals surface area contributed by atoms with Crippen molar-refractivity contribution in [2.24, 2.45) is 0 Å². The summed E-state index contributed by atoms with van der Waals surface area (Å²) in [7, 11) is -1.55. The van der Waals surface area contributed by atoms with Gasteiger partial charge < -0.3 is 15.2 Å². The first-order valence-electron chi connectivity index (χ1n) is 9.33. The molecule has 0 aliphatic carbocycles. The number of aliphatic hydroxyl groups is 1. The lowest BCUT2D eigenvalue weighted by Gasteiger charge is -2.42. The minimum Gasteiger partial charge on any atom is -0.485 e. The van der Waals surface area contributed by atoms with Crippen LogP contribution in [0.3, 0.4) is 0 Å². The minimum absolute atomic E-state index is 0.290. The lowest BCUT2D eigenvalue weighted by Crippen LogP contribution is -2.52. The Morgan fingerprint density at radius 1 is 1.25 bits per heavy atom. The van der Waals surface area contributed by atoms with E-state index in [1.165, 1.54) is 16.1 Å². The maximum atomic E-state index is 12.0. The van der Waals surface area contributed by atoms with Gasteiger partial charge in [0.15, 0.2) is 0 Å². The molecule has 2 aromatic carbocycles. The Hall–Kier alpha value is -2.09. The third-order valence-corrected chi connectivity index (χ3v) is 6.45. The SMILES string of the molecule is CN(c1ccc2c(c1)OC(C)(C)[C@H](O)[C@H]2NCCc1ccccc1)S(C)(=O)=[OH+]. The Balaban J connectivity index is 1.85. The zero-order valence-electron chi connectivity index (χ0n) is 16.8. The molecule has 0 amide bonds. The van der Waals surface area contributed by atoms with Crippen LogP contribution < -0.4 is 14.4 Å². The highest BCUT2D eigenvalue weighted by Gasteiger charge is 2.42. The molecule has 0 radical (unpaired) electrons. The van der Waals surface area contributed by atoms with Crippen LogP contribution in [0.4, 0.5) is 5.69 Å². The van der Waals surface area contributed by atoms with Crippen LogP contribution in [-0.2, 0) is 16.4 Å². The van der Waals surface area contributed by atoms with Gasteiger partial charge >= 0.3 is 10.0 Å². The van der Waals surface area contributed by atoms with E-state index in [1.807, 2.05) is 38.1 Å². The first kappa shape index (κ1) is 20.6. The third kappa shape index (κ3) is 4.32. The lowest BCUT2D eigenvalue weighted by molar-refractivity contribution is -0.0643. The van der Waals surface area contributed by atoms with Gasteiger partial charge in [-0.05, 0) is 38.4 Å². The van der Waals surface area contributed by atoms with Gasteiger partial charge in [-0.2, -0.15) is 4.21 Å². The molecule has 7 heteroatoms. The molecule has 1 unspecified atom stereocenters. The van der Waals surface area contributed by atoms with Crippen LogP contribution in [0.2, 0.25) is 0 Å². The van der Waals surface area contributed by atoms with Crippen molar-refractivity contribution in [1.82, 2.24) is 5.32 Å². The van der Waals surface area contributed by atoms with E-state index in [0.29, 0.717) is 18.0 Å². The highest BCUT2D eigenvalue weighted by Crippen LogP contribution is 2.41. The Morgan fingerprint density at radius 3 is 2.57 bits per heavy atom. The molecule has 0 aromatic heterocycles. The summed E-state index contributed by atoms with van der Waals surface area (Å²) in [6, 6.07) is 15.3. The second kappa shape index (κ2) is 7.73. The van der Waals surface area contributed by atoms with Crippen molar-refractivity contribution in [3.05, 3.63) is 59.7 Å². The van der Waals surface area contributed by atoms with Gasteiger partial charge in [0.25, 0.3) is 0 Å². The van der Waals surface area contributed by atoms with Crippen molar-refractivity contribution in [3.63, 3.8) is 0 Å². The van der Waals surface area contributed by atoms with Crippen molar-refractivity contribution in [1.29, 1.82) is 0 Å². The fourth-order valence-electron chi connectivity index (χ4n) is 3.41. The first-order chi connectivity index (χ1) is 13.1. The van der Waals surface area contributed by atoms with Crippen molar-refractivity contribution in [2.45, 2.75) is 38.0 Å². The third-order valence-electron chi connectivity index (χ3n) is 5.23. The molecule has 0 saturated carbocycles. The first-order valence-corrected chi connectivity index (χ1v) is 11.2. The Morgan fingerprint density at radius 2 is 1.93 bits per heavy atom. The summed E-state index contributed by atoms with van der Waals surface area (Å²) >= 11 is 0. The van der Waals surface area contributed by atoms with Gasteiger partial charge in [0, 0.05) is 18.7 Å². The van der Waals surface area contributed by atoms with Gasteiger partial charge in [0.05, 0.1) is 11.7 Å². The van der Waals surface area contributed by atoms with Gasteiger partial charge in [-0.3, -0.25) is 0 Å². The van der Waals surface area contributed by atoms with Gasteiger partial charge in [0.2, 0.25) is 0 Å². The number of anilines is 1. The molecule has 0 bridgehead atoms. The normalized spacial score (nSPS) is 22.6. The standard InChI is InChI=1S/C21H28N2O4S/c1-21(2)20(24)19(22-13-12-15-8-6-5-7-9-15)17-11-10-16(14-18(17)27-21)23(3)28(4,25)26/h5-11,14,19-20,22,24H,12-13H2,1-4H3/p+1/t19-,20+/m0/s1. The monoisotopic (exact) mass is 405 g/mol. The molecular formula is C21H29N2O4S+. The van der Waals surface area contributed by atoms with E-state index in [9.17, 15) is 13.5 Å². The van der Waals surface area contributed by atoms with Gasteiger partial charge in [-0.25, -0.2) is 8.51 Å². The average molecular weight is 406 g/mol. The highest BCUT2D eigenvalue weighted by atomic mass is 32.2. The molecule has 0 spiro atoms. The van der Waals surface area contributed by atoms with Crippen molar-refractivity contribution >= 4 is 15.7 Å². The molecule has 0 fully saturated rings. The van der Waals surface area contributed by atoms with Crippen molar-refractivity contribution in [3.8, 4) is 5.75 Å². The van der Waals surface area contributed by atoms with Gasteiger partial charge in [0.1, 0.15) is 23.7 Å². The van der Waals surface area contributed by atoms with E-state index >= 15 is 0 Å². The van der Waals surface area contributed by atoms with E-state index < -0.39 is 21.7 Å². The smallest absolute Gasteiger partial charge is 0.365 e. The number of nitrogens with one attached hydrogen (secondary N) is 1. The van der Waals surface area contributed by atoms with Crippen LogP contribution in [0.25, 0.3) is 0 Å². The van der Waals surface area contributed by atoms with Crippen LogP contribution in [0.1, 0.15) is 31.0 Å². The van der Waals surface area contributed by atoms with E-state index in [-0.39, 0.29) is 6.04 Å². The molecule has 3 N–H and O–H groups in total. The molecule has 1 aliphatic heterocycles. The van der Waals surface area contributed by atoms with E-state index in [4.69, 9.17) is 4.74 Å². The predicted molar refractivity (Wildman–Crippen MR) is 112 cm³/mol. The summed E-state index contributed by atoms with van der Waals surface area (Å²) in [4.78, 5) is 0. The van der Waals surface area contributed by atoms with Crippen LogP contribution in [0.5, 0.6) is 5.75 Å². The number of fused-ring (bicyclic) bond motifs is 1. The zero-order valence-corrected chi connectivity index (χ0v) is 17.6. The maximum absolute atomic E-state index is 12.0. The number of ether oxygens (including phenoxy) is 1. The molecule has 28 heavy (non-hydrogen) atoms. The van der Waals surface area contributed by atoms with Crippen molar-refractivity contribution in [2.75, 3.05) is 24.2 Å². The predicted octanol–water partition coefficient (Wildman–Crippen LogP) is 2.64. The Kier molecular flexibility index (Phi) is 5.70. The fraction of sp³-hybridized carbons (Fsp3) is 0.429. The molecule has 6 nitrogen and oxygen atoms in total. The molecule has 1 aliphatic rings. The molecule has 3 rings (SSSR count). The summed E-state index contributed by atoms with van der Waals surface area (Å²) in [5.41, 5.74) is 1.87. The van der Waals surface area contributed by atoms with Crippen LogP contribution in [-0.4, -0.2) is 45.1 Å².